The Morgan fingerprint density at radius 3 is 2.45 bits per heavy atom. The zero-order valence-corrected chi connectivity index (χ0v) is 12.7. The van der Waals surface area contributed by atoms with Crippen LogP contribution in [0.4, 0.5) is 13.2 Å². The van der Waals surface area contributed by atoms with Gasteiger partial charge in [0.1, 0.15) is 6.04 Å². The first kappa shape index (κ1) is 17.3. The predicted molar refractivity (Wildman–Crippen MR) is 78.7 cm³/mol. The molecule has 0 aromatic heterocycles. The summed E-state index contributed by atoms with van der Waals surface area (Å²) >= 11 is 0. The van der Waals surface area contributed by atoms with Crippen LogP contribution in [0, 0.1) is 0 Å². The molecule has 2 aliphatic rings. The van der Waals surface area contributed by atoms with Gasteiger partial charge in [0.25, 0.3) is 0 Å². The standard InChI is InChI=1S/C14H25F3N4O/c15-14(16,17)12(21-6-8-22-9-7-21)10-19-13(18)20-11-4-2-1-3-5-11/h11-12H,1-10H2,(H3,18,19,20). The van der Waals surface area contributed by atoms with Crippen molar-refractivity contribution in [2.24, 2.45) is 10.7 Å². The second-order valence-electron chi connectivity index (χ2n) is 5.91. The second-order valence-corrected chi connectivity index (χ2v) is 5.91. The molecule has 1 heterocycles. The van der Waals surface area contributed by atoms with E-state index in [4.69, 9.17) is 10.5 Å². The van der Waals surface area contributed by atoms with Gasteiger partial charge in [-0.1, -0.05) is 19.3 Å². The summed E-state index contributed by atoms with van der Waals surface area (Å²) in [6.07, 6.45) is 1.16. The molecule has 2 rings (SSSR count). The van der Waals surface area contributed by atoms with Crippen LogP contribution in [0.25, 0.3) is 0 Å². The number of guanidine groups is 1. The largest absolute Gasteiger partial charge is 0.405 e. The summed E-state index contributed by atoms with van der Waals surface area (Å²) in [4.78, 5) is 5.32. The number of alkyl halides is 3. The van der Waals surface area contributed by atoms with E-state index in [1.165, 1.54) is 11.3 Å². The van der Waals surface area contributed by atoms with E-state index in [0.29, 0.717) is 13.2 Å². The smallest absolute Gasteiger partial charge is 0.379 e. The van der Waals surface area contributed by atoms with Gasteiger partial charge in [0.15, 0.2) is 5.96 Å². The van der Waals surface area contributed by atoms with E-state index in [1.807, 2.05) is 0 Å². The normalized spacial score (nSPS) is 24.2. The number of halogens is 3. The van der Waals surface area contributed by atoms with Gasteiger partial charge in [-0.05, 0) is 12.8 Å². The lowest BCUT2D eigenvalue weighted by Gasteiger charge is -2.34. The maximum absolute atomic E-state index is 13.2. The fraction of sp³-hybridized carbons (Fsp3) is 0.929. The zero-order valence-electron chi connectivity index (χ0n) is 12.7. The summed E-state index contributed by atoms with van der Waals surface area (Å²) < 4.78 is 44.7. The molecule has 0 radical (unpaired) electrons. The molecule has 1 aliphatic heterocycles. The molecule has 0 spiro atoms. The molecule has 0 aromatic carbocycles. The molecule has 0 aromatic rings. The number of aliphatic imine (C=N–C) groups is 1. The highest BCUT2D eigenvalue weighted by Gasteiger charge is 2.43. The molecule has 0 amide bonds. The quantitative estimate of drug-likeness (QED) is 0.608. The van der Waals surface area contributed by atoms with Crippen LogP contribution in [0.3, 0.4) is 0 Å². The minimum Gasteiger partial charge on any atom is -0.379 e. The molecule has 22 heavy (non-hydrogen) atoms. The van der Waals surface area contributed by atoms with Crippen molar-refractivity contribution in [3.8, 4) is 0 Å². The first-order chi connectivity index (χ1) is 10.5. The highest BCUT2D eigenvalue weighted by Crippen LogP contribution is 2.26. The second kappa shape index (κ2) is 8.01. The molecular formula is C14H25F3N4O. The van der Waals surface area contributed by atoms with Crippen LogP contribution >= 0.6 is 0 Å². The van der Waals surface area contributed by atoms with Crippen molar-refractivity contribution in [1.82, 2.24) is 10.2 Å². The van der Waals surface area contributed by atoms with E-state index in [0.717, 1.165) is 25.7 Å². The van der Waals surface area contributed by atoms with Crippen LogP contribution in [0.5, 0.6) is 0 Å². The van der Waals surface area contributed by atoms with Crippen molar-refractivity contribution in [3.63, 3.8) is 0 Å². The molecule has 128 valence electrons. The van der Waals surface area contributed by atoms with Gasteiger partial charge in [0.2, 0.25) is 0 Å². The predicted octanol–water partition coefficient (Wildman–Crippen LogP) is 1.49. The molecule has 3 N–H and O–H groups in total. The zero-order chi connectivity index (χ0) is 16.0. The Bertz CT molecular complexity index is 364. The third-order valence-electron chi connectivity index (χ3n) is 4.26. The van der Waals surface area contributed by atoms with E-state index < -0.39 is 12.2 Å². The number of hydrogen-bond acceptors (Lipinski definition) is 3. The summed E-state index contributed by atoms with van der Waals surface area (Å²) in [7, 11) is 0. The monoisotopic (exact) mass is 322 g/mol. The lowest BCUT2D eigenvalue weighted by atomic mass is 9.96. The summed E-state index contributed by atoms with van der Waals surface area (Å²) in [5, 5.41) is 3.05. The fourth-order valence-electron chi connectivity index (χ4n) is 3.00. The fourth-order valence-corrected chi connectivity index (χ4v) is 3.00. The lowest BCUT2D eigenvalue weighted by Crippen LogP contribution is -2.52. The first-order valence-corrected chi connectivity index (χ1v) is 7.92. The molecule has 1 saturated carbocycles. The van der Waals surface area contributed by atoms with Gasteiger partial charge >= 0.3 is 6.18 Å². The van der Waals surface area contributed by atoms with E-state index in [-0.39, 0.29) is 31.6 Å². The molecular weight excluding hydrogens is 297 g/mol. The topological polar surface area (TPSA) is 62.9 Å². The number of nitrogens with zero attached hydrogens (tertiary/aromatic N) is 2. The first-order valence-electron chi connectivity index (χ1n) is 7.92. The van der Waals surface area contributed by atoms with Gasteiger partial charge in [0.05, 0.1) is 19.8 Å². The number of nitrogens with one attached hydrogen (secondary N) is 1. The average molecular weight is 322 g/mol. The number of rotatable bonds is 4. The van der Waals surface area contributed by atoms with Crippen LogP contribution in [0.2, 0.25) is 0 Å². The Hall–Kier alpha value is -1.02. The lowest BCUT2D eigenvalue weighted by molar-refractivity contribution is -0.188. The molecule has 0 bridgehead atoms. The summed E-state index contributed by atoms with van der Waals surface area (Å²) in [6, 6.07) is -1.35. The van der Waals surface area contributed by atoms with Gasteiger partial charge < -0.3 is 15.8 Å². The van der Waals surface area contributed by atoms with Crippen molar-refractivity contribution < 1.29 is 17.9 Å². The molecule has 1 aliphatic carbocycles. The molecule has 1 unspecified atom stereocenters. The van der Waals surface area contributed by atoms with Gasteiger partial charge in [0, 0.05) is 19.1 Å². The van der Waals surface area contributed by atoms with Crippen LogP contribution < -0.4 is 11.1 Å². The van der Waals surface area contributed by atoms with Gasteiger partial charge in [-0.2, -0.15) is 13.2 Å². The van der Waals surface area contributed by atoms with Crippen LogP contribution in [0.15, 0.2) is 4.99 Å². The molecule has 1 saturated heterocycles. The van der Waals surface area contributed by atoms with E-state index >= 15 is 0 Å². The Labute approximate surface area is 129 Å². The molecule has 5 nitrogen and oxygen atoms in total. The average Bonchev–Trinajstić information content (AvgIpc) is 2.48. The van der Waals surface area contributed by atoms with Crippen molar-refractivity contribution in [2.45, 2.75) is 50.4 Å². The minimum absolute atomic E-state index is 0.120. The van der Waals surface area contributed by atoms with Crippen molar-refractivity contribution >= 4 is 5.96 Å². The van der Waals surface area contributed by atoms with Crippen molar-refractivity contribution in [3.05, 3.63) is 0 Å². The molecule has 2 fully saturated rings. The third-order valence-corrected chi connectivity index (χ3v) is 4.26. The van der Waals surface area contributed by atoms with Gasteiger partial charge in [-0.3, -0.25) is 9.89 Å². The summed E-state index contributed by atoms with van der Waals surface area (Å²) in [5.74, 6) is 0.120. The Morgan fingerprint density at radius 2 is 1.86 bits per heavy atom. The molecule has 8 heteroatoms. The Morgan fingerprint density at radius 1 is 1.23 bits per heavy atom. The van der Waals surface area contributed by atoms with E-state index in [2.05, 4.69) is 10.3 Å². The SMILES string of the molecule is NC(=NCC(N1CCOCC1)C(F)(F)F)NC1CCCCC1. The Kier molecular flexibility index (Phi) is 6.31. The molecule has 1 atom stereocenters. The minimum atomic E-state index is -4.31. The van der Waals surface area contributed by atoms with Crippen LogP contribution in [-0.2, 0) is 4.74 Å². The van der Waals surface area contributed by atoms with E-state index in [9.17, 15) is 13.2 Å². The number of nitrogens with two attached hydrogens (primary N) is 1. The maximum atomic E-state index is 13.2. The number of hydrogen-bond donors (Lipinski definition) is 2. The van der Waals surface area contributed by atoms with Crippen LogP contribution in [-0.4, -0.2) is 62.0 Å². The van der Waals surface area contributed by atoms with Gasteiger partial charge in [-0.25, -0.2) is 0 Å². The van der Waals surface area contributed by atoms with Crippen molar-refractivity contribution in [2.75, 3.05) is 32.8 Å². The van der Waals surface area contributed by atoms with Crippen molar-refractivity contribution in [1.29, 1.82) is 0 Å². The third kappa shape index (κ3) is 5.31. The summed E-state index contributed by atoms with van der Waals surface area (Å²) in [5.41, 5.74) is 5.75. The van der Waals surface area contributed by atoms with E-state index in [1.54, 1.807) is 0 Å². The van der Waals surface area contributed by atoms with Crippen LogP contribution in [0.1, 0.15) is 32.1 Å². The number of ether oxygens (including phenoxy) is 1. The maximum Gasteiger partial charge on any atom is 0.405 e. The Balaban J connectivity index is 1.89. The highest BCUT2D eigenvalue weighted by atomic mass is 19.4. The van der Waals surface area contributed by atoms with Gasteiger partial charge in [-0.15, -0.1) is 0 Å². The highest BCUT2D eigenvalue weighted by molar-refractivity contribution is 5.78. The summed E-state index contributed by atoms with van der Waals surface area (Å²) in [6.45, 7) is 0.832. The number of morpholine rings is 1.